The summed E-state index contributed by atoms with van der Waals surface area (Å²) in [5.41, 5.74) is 1.12. The van der Waals surface area contributed by atoms with Gasteiger partial charge in [-0.25, -0.2) is 9.59 Å². The van der Waals surface area contributed by atoms with Gasteiger partial charge < -0.3 is 58.5 Å². The van der Waals surface area contributed by atoms with Crippen molar-refractivity contribution in [2.75, 3.05) is 41.1 Å². The summed E-state index contributed by atoms with van der Waals surface area (Å²) >= 11 is 0. The Bertz CT molecular complexity index is 1980. The summed E-state index contributed by atoms with van der Waals surface area (Å²) in [6.07, 6.45) is 7.43. The number of amides is 1. The Morgan fingerprint density at radius 3 is 2.29 bits per heavy atom. The van der Waals surface area contributed by atoms with Crippen molar-refractivity contribution >= 4 is 35.4 Å². The topological polar surface area (TPSA) is 251 Å². The van der Waals surface area contributed by atoms with Crippen LogP contribution in [0.4, 0.5) is 4.79 Å². The second-order valence-electron chi connectivity index (χ2n) is 21.1. The second-order valence-corrected chi connectivity index (χ2v) is 21.1. The van der Waals surface area contributed by atoms with E-state index in [1.54, 1.807) is 40.9 Å². The Kier molecular flexibility index (Phi) is 24.6. The number of aliphatic hydroxyl groups is 4. The van der Waals surface area contributed by atoms with Crippen LogP contribution >= 0.6 is 0 Å². The summed E-state index contributed by atoms with van der Waals surface area (Å²) in [5.74, 6) is -8.62. The number of nitrogens with zero attached hydrogens (tertiary/aromatic N) is 1. The summed E-state index contributed by atoms with van der Waals surface area (Å²) in [4.78, 5) is 84.7. The standard InChI is InChI=1S/C55H85NO17/c1-32-16-12-11-13-17-33(2)45(67-8)28-41-21-19-38(7)55(66,73-41)51(62)52(63)56-23-15-14-18-42(56)53(64)71-46(29-43(59)34(3)25-37(6)49(61)50(69-10)48(60)36(5)24-32)35(4)26-39-20-22-44(47(27-39)68-9)72-54(65)70-31-40(58)30-57/h11-13,16-17,25,32,35-42,44-47,49-50,57-58,61,66H,14-15,18-24,26-31H2,1-10H3/b13-11?,16-12?,33-17?,34-25+/t32-,35-,36-,37?,38-,39+,40?,41?,42?,44-,45+,46+,47-,49-,50+,55-/m1/s1. The highest BCUT2D eigenvalue weighted by molar-refractivity contribution is 6.39. The van der Waals surface area contributed by atoms with Crippen LogP contribution in [0.3, 0.4) is 0 Å². The van der Waals surface area contributed by atoms with Gasteiger partial charge in [0.1, 0.15) is 37.1 Å². The molecule has 0 radical (unpaired) electrons. The van der Waals surface area contributed by atoms with Crippen LogP contribution in [0, 0.1) is 35.5 Å². The summed E-state index contributed by atoms with van der Waals surface area (Å²) in [7, 11) is 4.42. The van der Waals surface area contributed by atoms with Crippen LogP contribution in [-0.4, -0.2) is 162 Å². The van der Waals surface area contributed by atoms with Gasteiger partial charge in [-0.05, 0) is 107 Å². The van der Waals surface area contributed by atoms with Crippen molar-refractivity contribution in [3.63, 3.8) is 0 Å². The molecule has 0 aromatic heterocycles. The minimum absolute atomic E-state index is 0.00587. The van der Waals surface area contributed by atoms with E-state index in [9.17, 15) is 44.1 Å². The highest BCUT2D eigenvalue weighted by Crippen LogP contribution is 2.38. The number of fused-ring (bicyclic) bond motifs is 3. The third kappa shape index (κ3) is 17.2. The maximum atomic E-state index is 14.5. The molecule has 0 spiro atoms. The van der Waals surface area contributed by atoms with Crippen molar-refractivity contribution in [1.82, 2.24) is 4.90 Å². The first-order valence-electron chi connectivity index (χ1n) is 26.2. The number of ether oxygens (including phenoxy) is 7. The van der Waals surface area contributed by atoms with Crippen molar-refractivity contribution in [2.45, 2.75) is 186 Å². The van der Waals surface area contributed by atoms with Crippen LogP contribution in [-0.2, 0) is 57.1 Å². The molecule has 4 rings (SSSR count). The number of allylic oxidation sites excluding steroid dienone is 6. The fraction of sp³-hybridized carbons (Fsp3) is 0.745. The number of methoxy groups -OCH3 is 3. The lowest BCUT2D eigenvalue weighted by molar-refractivity contribution is -0.265. The smallest absolute Gasteiger partial charge is 0.460 e. The van der Waals surface area contributed by atoms with Crippen molar-refractivity contribution in [3.05, 3.63) is 47.6 Å². The zero-order valence-corrected chi connectivity index (χ0v) is 44.8. The fourth-order valence-corrected chi connectivity index (χ4v) is 10.6. The average molecular weight is 1030 g/mol. The molecule has 4 aliphatic rings. The van der Waals surface area contributed by atoms with Gasteiger partial charge in [-0.3, -0.25) is 19.2 Å². The van der Waals surface area contributed by atoms with Gasteiger partial charge in [0.15, 0.2) is 11.6 Å². The first-order chi connectivity index (χ1) is 34.6. The molecule has 18 heteroatoms. The lowest BCUT2D eigenvalue weighted by Crippen LogP contribution is -2.61. The number of piperidine rings is 1. The van der Waals surface area contributed by atoms with Gasteiger partial charge in [-0.1, -0.05) is 71.1 Å². The minimum atomic E-state index is -2.47. The van der Waals surface area contributed by atoms with E-state index in [0.717, 1.165) is 10.5 Å². The largest absolute Gasteiger partial charge is 0.508 e. The van der Waals surface area contributed by atoms with Crippen molar-refractivity contribution < 1.29 is 82.4 Å². The molecule has 0 aromatic rings. The van der Waals surface area contributed by atoms with E-state index in [2.05, 4.69) is 0 Å². The fourth-order valence-electron chi connectivity index (χ4n) is 10.6. The Morgan fingerprint density at radius 1 is 0.890 bits per heavy atom. The molecular formula is C55H85NO17. The predicted octanol–water partition coefficient (Wildman–Crippen LogP) is 5.69. The molecular weight excluding hydrogens is 947 g/mol. The molecule has 1 amide bonds. The SMILES string of the molecule is CO[C@H]1CC2CC[C@@H](C)[C@@](O)(O2)C(=O)C(=O)N2CCCCC2C(=O)O[C@H]([C@H](C)C[C@@H]2CC[C@@H](OC(=O)OCC(O)CO)[C@H](OC)C2)CC(=O)/C(C)=C/C(C)[C@@H](O)[C@@H](OC)C(=O)[C@H](C)C[C@H](C)C=CC=CC=C1C. The number of esters is 1. The molecule has 18 nitrogen and oxygen atoms in total. The predicted molar refractivity (Wildman–Crippen MR) is 268 cm³/mol. The van der Waals surface area contributed by atoms with Crippen LogP contribution in [0.15, 0.2) is 47.6 Å². The lowest BCUT2D eigenvalue weighted by atomic mass is 9.78. The first-order valence-corrected chi connectivity index (χ1v) is 26.2. The molecule has 1 aliphatic carbocycles. The molecule has 412 valence electrons. The molecule has 0 aromatic carbocycles. The van der Waals surface area contributed by atoms with Gasteiger partial charge in [0.05, 0.1) is 31.0 Å². The maximum Gasteiger partial charge on any atom is 0.508 e. The molecule has 73 heavy (non-hydrogen) atoms. The number of ketones is 3. The Morgan fingerprint density at radius 2 is 1.62 bits per heavy atom. The minimum Gasteiger partial charge on any atom is -0.460 e. The van der Waals surface area contributed by atoms with E-state index in [-0.39, 0.29) is 54.8 Å². The molecule has 16 atom stereocenters. The Balaban J connectivity index is 1.67. The second kappa shape index (κ2) is 29.2. The van der Waals surface area contributed by atoms with E-state index in [1.165, 1.54) is 14.2 Å². The Labute approximate surface area is 431 Å². The molecule has 2 saturated heterocycles. The quantitative estimate of drug-likeness (QED) is 0.151. The number of hydrogen-bond acceptors (Lipinski definition) is 17. The number of hydrogen-bond donors (Lipinski definition) is 4. The average Bonchev–Trinajstić information content (AvgIpc) is 3.37. The number of carbonyl (C=O) groups is 6. The highest BCUT2D eigenvalue weighted by atomic mass is 16.7. The summed E-state index contributed by atoms with van der Waals surface area (Å²) in [5, 5.41) is 42.2. The Hall–Kier alpha value is -4.14. The normalized spacial score (nSPS) is 36.0. The third-order valence-corrected chi connectivity index (χ3v) is 15.3. The van der Waals surface area contributed by atoms with Crippen LogP contribution < -0.4 is 0 Å². The molecule has 3 fully saturated rings. The monoisotopic (exact) mass is 1030 g/mol. The van der Waals surface area contributed by atoms with Crippen molar-refractivity contribution in [1.29, 1.82) is 0 Å². The van der Waals surface area contributed by atoms with Crippen LogP contribution in [0.2, 0.25) is 0 Å². The number of carbonyl (C=O) groups excluding carboxylic acids is 6. The summed E-state index contributed by atoms with van der Waals surface area (Å²) in [6.45, 7) is 11.5. The number of cyclic esters (lactones) is 1. The molecule has 2 bridgehead atoms. The number of Topliss-reactive ketones (excluding diaryl/α,β-unsaturated/α-hetero) is 3. The number of aliphatic hydroxyl groups excluding tert-OH is 3. The molecule has 4 N–H and O–H groups in total. The zero-order valence-electron chi connectivity index (χ0n) is 44.8. The molecule has 4 unspecified atom stereocenters. The van der Waals surface area contributed by atoms with E-state index >= 15 is 0 Å². The molecule has 3 aliphatic heterocycles. The van der Waals surface area contributed by atoms with Gasteiger partial charge in [0, 0.05) is 58.5 Å². The van der Waals surface area contributed by atoms with E-state index in [1.807, 2.05) is 51.2 Å². The summed E-state index contributed by atoms with van der Waals surface area (Å²) in [6, 6.07) is -1.21. The van der Waals surface area contributed by atoms with Crippen LogP contribution in [0.25, 0.3) is 0 Å². The zero-order chi connectivity index (χ0) is 54.2. The van der Waals surface area contributed by atoms with Gasteiger partial charge in [-0.15, -0.1) is 0 Å². The van der Waals surface area contributed by atoms with Crippen molar-refractivity contribution in [2.24, 2.45) is 35.5 Å². The lowest BCUT2D eigenvalue weighted by Gasteiger charge is -2.42. The summed E-state index contributed by atoms with van der Waals surface area (Å²) < 4.78 is 40.1. The van der Waals surface area contributed by atoms with E-state index < -0.39 is 121 Å². The van der Waals surface area contributed by atoms with Gasteiger partial charge in [0.2, 0.25) is 5.79 Å². The van der Waals surface area contributed by atoms with Gasteiger partial charge in [-0.2, -0.15) is 0 Å². The molecule has 1 saturated carbocycles. The maximum absolute atomic E-state index is 14.5. The highest BCUT2D eigenvalue weighted by Gasteiger charge is 2.53. The van der Waals surface area contributed by atoms with Crippen LogP contribution in [0.1, 0.15) is 126 Å². The van der Waals surface area contributed by atoms with Crippen molar-refractivity contribution in [3.8, 4) is 0 Å². The van der Waals surface area contributed by atoms with E-state index in [4.69, 9.17) is 38.3 Å². The van der Waals surface area contributed by atoms with E-state index in [0.29, 0.717) is 57.8 Å². The van der Waals surface area contributed by atoms with Gasteiger partial charge >= 0.3 is 12.1 Å². The first kappa shape index (κ1) is 61.4. The molecule has 3 heterocycles. The van der Waals surface area contributed by atoms with Gasteiger partial charge in [0.25, 0.3) is 11.7 Å². The number of rotatable bonds is 10. The van der Waals surface area contributed by atoms with Crippen LogP contribution in [0.5, 0.6) is 0 Å². The third-order valence-electron chi connectivity index (χ3n) is 15.3.